The second-order valence-electron chi connectivity index (χ2n) is 8.67. The number of likely N-dealkylation sites (tertiary alicyclic amines) is 1. The maximum atomic E-state index is 13.6. The van der Waals surface area contributed by atoms with Crippen molar-refractivity contribution in [1.29, 1.82) is 0 Å². The lowest BCUT2D eigenvalue weighted by molar-refractivity contribution is -0.140. The summed E-state index contributed by atoms with van der Waals surface area (Å²) in [5.74, 6) is 0.157. The normalized spacial score (nSPS) is 24.4. The molecule has 1 saturated heterocycles. The van der Waals surface area contributed by atoms with E-state index in [1.807, 2.05) is 0 Å². The van der Waals surface area contributed by atoms with E-state index in [4.69, 9.17) is 23.2 Å². The third-order valence-corrected chi connectivity index (χ3v) is 7.00. The number of piperidine rings is 1. The fourth-order valence-electron chi connectivity index (χ4n) is 5.00. The summed E-state index contributed by atoms with van der Waals surface area (Å²) in [6, 6.07) is 5.14. The Bertz CT molecular complexity index is 843. The Hall–Kier alpha value is -1.52. The predicted molar refractivity (Wildman–Crippen MR) is 117 cm³/mol. The molecule has 4 rings (SSSR count). The first-order valence-electron chi connectivity index (χ1n) is 10.8. The van der Waals surface area contributed by atoms with Crippen LogP contribution < -0.4 is 0 Å². The molecule has 1 aromatic carbocycles. The first-order valence-corrected chi connectivity index (χ1v) is 11.6. The van der Waals surface area contributed by atoms with Crippen LogP contribution in [0, 0.1) is 5.92 Å². The van der Waals surface area contributed by atoms with Crippen LogP contribution in [0.3, 0.4) is 0 Å². The number of carbonyl (C=O) groups excluding carboxylic acids is 2. The molecule has 29 heavy (non-hydrogen) atoms. The summed E-state index contributed by atoms with van der Waals surface area (Å²) >= 11 is 12.6. The number of benzene rings is 1. The van der Waals surface area contributed by atoms with Crippen molar-refractivity contribution in [2.75, 3.05) is 13.1 Å². The molecule has 1 aliphatic carbocycles. The van der Waals surface area contributed by atoms with Gasteiger partial charge in [-0.05, 0) is 43.7 Å². The second-order valence-corrected chi connectivity index (χ2v) is 9.51. The van der Waals surface area contributed by atoms with Crippen molar-refractivity contribution in [3.63, 3.8) is 0 Å². The molecular weight excluding hydrogens is 407 g/mol. The largest absolute Gasteiger partial charge is 0.366 e. The van der Waals surface area contributed by atoms with E-state index in [0.717, 1.165) is 51.6 Å². The lowest BCUT2D eigenvalue weighted by atomic mass is 9.97. The molecule has 0 aromatic heterocycles. The van der Waals surface area contributed by atoms with Gasteiger partial charge in [0.15, 0.2) is 0 Å². The van der Waals surface area contributed by atoms with Crippen LogP contribution in [0.5, 0.6) is 0 Å². The zero-order valence-corrected chi connectivity index (χ0v) is 18.4. The van der Waals surface area contributed by atoms with Gasteiger partial charge in [0, 0.05) is 29.7 Å². The maximum absolute atomic E-state index is 13.6. The molecule has 1 unspecified atom stereocenters. The van der Waals surface area contributed by atoms with E-state index in [1.165, 1.54) is 12.8 Å². The van der Waals surface area contributed by atoms with E-state index in [2.05, 4.69) is 11.8 Å². The highest BCUT2D eigenvalue weighted by Crippen LogP contribution is 2.39. The van der Waals surface area contributed by atoms with Crippen molar-refractivity contribution >= 4 is 40.6 Å². The molecule has 1 aromatic rings. The molecule has 2 aliphatic heterocycles. The van der Waals surface area contributed by atoms with Crippen LogP contribution >= 0.6 is 23.2 Å². The third-order valence-electron chi connectivity index (χ3n) is 6.45. The highest BCUT2D eigenvalue weighted by Gasteiger charge is 2.45. The minimum absolute atomic E-state index is 0.0155. The van der Waals surface area contributed by atoms with E-state index in [9.17, 15) is 9.59 Å². The Morgan fingerprint density at radius 3 is 2.31 bits per heavy atom. The number of halogens is 2. The monoisotopic (exact) mass is 434 g/mol. The summed E-state index contributed by atoms with van der Waals surface area (Å²) in [6.07, 6.45) is 8.43. The Balaban J connectivity index is 1.78. The first kappa shape index (κ1) is 20.7. The summed E-state index contributed by atoms with van der Waals surface area (Å²) in [5.41, 5.74) is 1.60. The van der Waals surface area contributed by atoms with E-state index in [1.54, 1.807) is 23.1 Å². The molecule has 2 amide bonds. The number of nitrogens with zero attached hydrogens (tertiary/aromatic N) is 2. The molecule has 2 heterocycles. The molecule has 0 radical (unpaired) electrons. The molecule has 6 heteroatoms. The molecule has 1 atom stereocenters. The van der Waals surface area contributed by atoms with Gasteiger partial charge in [-0.2, -0.15) is 0 Å². The first-order chi connectivity index (χ1) is 14.0. The molecule has 1 saturated carbocycles. The second kappa shape index (κ2) is 8.69. The lowest BCUT2D eigenvalue weighted by Gasteiger charge is -2.34. The molecule has 156 valence electrons. The van der Waals surface area contributed by atoms with Gasteiger partial charge in [0.05, 0.1) is 10.6 Å². The van der Waals surface area contributed by atoms with Crippen LogP contribution in [-0.2, 0) is 9.59 Å². The van der Waals surface area contributed by atoms with Crippen molar-refractivity contribution in [2.24, 2.45) is 5.92 Å². The molecule has 0 bridgehead atoms. The van der Waals surface area contributed by atoms with E-state index < -0.39 is 0 Å². The average Bonchev–Trinajstić information content (AvgIpc) is 2.84. The van der Waals surface area contributed by atoms with Crippen LogP contribution in [0.4, 0.5) is 0 Å². The average molecular weight is 435 g/mol. The number of carbonyl (C=O) groups is 2. The fourth-order valence-corrected chi connectivity index (χ4v) is 5.51. The van der Waals surface area contributed by atoms with Crippen LogP contribution in [0.15, 0.2) is 23.9 Å². The van der Waals surface area contributed by atoms with Crippen molar-refractivity contribution in [1.82, 2.24) is 9.80 Å². The van der Waals surface area contributed by atoms with Gasteiger partial charge >= 0.3 is 0 Å². The quantitative estimate of drug-likeness (QED) is 0.463. The van der Waals surface area contributed by atoms with Crippen LogP contribution in [0.2, 0.25) is 10.0 Å². The molecule has 4 nitrogen and oxygen atoms in total. The van der Waals surface area contributed by atoms with Crippen molar-refractivity contribution in [3.8, 4) is 0 Å². The Kier molecular flexibility index (Phi) is 6.21. The molecular formula is C23H28Cl2N2O2. The van der Waals surface area contributed by atoms with Gasteiger partial charge in [-0.1, -0.05) is 61.9 Å². The molecule has 0 spiro atoms. The zero-order valence-electron chi connectivity index (χ0n) is 16.9. The van der Waals surface area contributed by atoms with Gasteiger partial charge < -0.3 is 4.90 Å². The fraction of sp³-hybridized carbons (Fsp3) is 0.565. The van der Waals surface area contributed by atoms with Crippen molar-refractivity contribution in [2.45, 2.75) is 64.3 Å². The summed E-state index contributed by atoms with van der Waals surface area (Å²) in [5, 5.41) is 0.934. The van der Waals surface area contributed by atoms with E-state index in [0.29, 0.717) is 32.8 Å². The van der Waals surface area contributed by atoms with Crippen LogP contribution in [-0.4, -0.2) is 40.7 Å². The SMILES string of the molecule is CC1CCCN(C2=C(c3ccc(Cl)cc3Cl)C(=O)N(C3CCCCCC3)C2=O)C1. The van der Waals surface area contributed by atoms with Gasteiger partial charge in [0.2, 0.25) is 0 Å². The number of hydrogen-bond acceptors (Lipinski definition) is 3. The Morgan fingerprint density at radius 2 is 1.66 bits per heavy atom. The van der Waals surface area contributed by atoms with Crippen molar-refractivity contribution < 1.29 is 9.59 Å². The lowest BCUT2D eigenvalue weighted by Crippen LogP contribution is -2.43. The van der Waals surface area contributed by atoms with Crippen LogP contribution in [0.25, 0.3) is 5.57 Å². The van der Waals surface area contributed by atoms with E-state index in [-0.39, 0.29) is 17.9 Å². The topological polar surface area (TPSA) is 40.6 Å². The Morgan fingerprint density at radius 1 is 0.931 bits per heavy atom. The smallest absolute Gasteiger partial charge is 0.278 e. The summed E-state index contributed by atoms with van der Waals surface area (Å²) in [6.45, 7) is 3.79. The molecule has 3 aliphatic rings. The van der Waals surface area contributed by atoms with Crippen molar-refractivity contribution in [3.05, 3.63) is 39.5 Å². The number of hydrogen-bond donors (Lipinski definition) is 0. The Labute approximate surface area is 182 Å². The standard InChI is InChI=1S/C23H28Cl2N2O2/c1-15-7-6-12-26(14-15)21-20(18-11-10-16(24)13-19(18)25)22(28)27(23(21)29)17-8-4-2-3-5-9-17/h10-11,13,15,17H,2-9,12,14H2,1H3. The van der Waals surface area contributed by atoms with E-state index >= 15 is 0 Å². The summed E-state index contributed by atoms with van der Waals surface area (Å²) in [4.78, 5) is 30.9. The van der Waals surface area contributed by atoms with Gasteiger partial charge in [-0.15, -0.1) is 0 Å². The maximum Gasteiger partial charge on any atom is 0.278 e. The van der Waals surface area contributed by atoms with Gasteiger partial charge in [0.1, 0.15) is 5.70 Å². The number of amides is 2. The summed E-state index contributed by atoms with van der Waals surface area (Å²) < 4.78 is 0. The highest BCUT2D eigenvalue weighted by atomic mass is 35.5. The minimum atomic E-state index is -0.195. The molecule has 2 fully saturated rings. The van der Waals surface area contributed by atoms with Gasteiger partial charge in [0.25, 0.3) is 11.8 Å². The number of rotatable bonds is 3. The number of imide groups is 1. The summed E-state index contributed by atoms with van der Waals surface area (Å²) in [7, 11) is 0. The zero-order chi connectivity index (χ0) is 20.5. The minimum Gasteiger partial charge on any atom is -0.366 e. The highest BCUT2D eigenvalue weighted by molar-refractivity contribution is 6.41. The predicted octanol–water partition coefficient (Wildman–Crippen LogP) is 5.53. The van der Waals surface area contributed by atoms with Crippen LogP contribution in [0.1, 0.15) is 63.9 Å². The van der Waals surface area contributed by atoms with Gasteiger partial charge in [-0.25, -0.2) is 0 Å². The molecule has 0 N–H and O–H groups in total. The third kappa shape index (κ3) is 4.06. The van der Waals surface area contributed by atoms with Gasteiger partial charge in [-0.3, -0.25) is 14.5 Å².